The van der Waals surface area contributed by atoms with E-state index in [-0.39, 0.29) is 0 Å². The highest BCUT2D eigenvalue weighted by atomic mass is 16.8. The molecule has 0 aromatic rings. The zero-order valence-electron chi connectivity index (χ0n) is 13.8. The second-order valence-electron chi connectivity index (χ2n) is 6.66. The Labute approximate surface area is 143 Å². The van der Waals surface area contributed by atoms with Crippen LogP contribution < -0.4 is 0 Å². The van der Waals surface area contributed by atoms with Crippen molar-refractivity contribution in [2.24, 2.45) is 0 Å². The summed E-state index contributed by atoms with van der Waals surface area (Å²) in [6.07, 6.45) is -12.8. The summed E-state index contributed by atoms with van der Waals surface area (Å²) in [5.41, 5.74) is 0. The van der Waals surface area contributed by atoms with Crippen molar-refractivity contribution in [2.45, 2.75) is 74.3 Å². The SMILES string of the molecule is C[C@]1(O[C@@]2(C)O[C@H](CO)[C@H](O)[C@H](O)[C@H]2O)O[C@H](CO)[C@H](O)[C@H](O)[C@H]1O. The lowest BCUT2D eigenvalue weighted by Gasteiger charge is -2.53. The first-order chi connectivity index (χ1) is 11.5. The molecule has 0 bridgehead atoms. The van der Waals surface area contributed by atoms with Crippen LogP contribution in [0.15, 0.2) is 0 Å². The fourth-order valence-corrected chi connectivity index (χ4v) is 3.18. The van der Waals surface area contributed by atoms with Gasteiger partial charge in [-0.05, 0) is 13.8 Å². The molecule has 2 aliphatic heterocycles. The molecule has 2 fully saturated rings. The van der Waals surface area contributed by atoms with Crippen LogP contribution in [0.5, 0.6) is 0 Å². The molecular formula is C14H26O11. The van der Waals surface area contributed by atoms with Crippen LogP contribution in [-0.2, 0) is 14.2 Å². The molecule has 2 saturated heterocycles. The summed E-state index contributed by atoms with van der Waals surface area (Å²) in [5.74, 6) is -4.10. The van der Waals surface area contributed by atoms with Crippen molar-refractivity contribution in [3.63, 3.8) is 0 Å². The van der Waals surface area contributed by atoms with Crippen molar-refractivity contribution >= 4 is 0 Å². The predicted molar refractivity (Wildman–Crippen MR) is 77.9 cm³/mol. The molecule has 0 aliphatic carbocycles. The van der Waals surface area contributed by atoms with Crippen molar-refractivity contribution in [3.8, 4) is 0 Å². The fourth-order valence-electron chi connectivity index (χ4n) is 3.18. The average molecular weight is 370 g/mol. The maximum atomic E-state index is 10.2. The normalized spacial score (nSPS) is 54.5. The van der Waals surface area contributed by atoms with Crippen molar-refractivity contribution in [1.82, 2.24) is 0 Å². The quantitative estimate of drug-likeness (QED) is 0.238. The molecule has 0 unspecified atom stereocenters. The minimum atomic E-state index is -2.05. The average Bonchev–Trinajstić information content (AvgIpc) is 2.58. The molecule has 0 spiro atoms. The van der Waals surface area contributed by atoms with E-state index in [0.29, 0.717) is 0 Å². The topological polar surface area (TPSA) is 190 Å². The van der Waals surface area contributed by atoms with E-state index in [2.05, 4.69) is 0 Å². The largest absolute Gasteiger partial charge is 0.394 e. The van der Waals surface area contributed by atoms with Gasteiger partial charge in [0.15, 0.2) is 11.6 Å². The summed E-state index contributed by atoms with van der Waals surface area (Å²) in [7, 11) is 0. The Morgan fingerprint density at radius 1 is 0.680 bits per heavy atom. The van der Waals surface area contributed by atoms with E-state index in [1.54, 1.807) is 0 Å². The monoisotopic (exact) mass is 370 g/mol. The van der Waals surface area contributed by atoms with Gasteiger partial charge in [-0.25, -0.2) is 0 Å². The lowest BCUT2D eigenvalue weighted by atomic mass is 9.91. The van der Waals surface area contributed by atoms with Crippen LogP contribution in [0.3, 0.4) is 0 Å². The summed E-state index contributed by atoms with van der Waals surface area (Å²) >= 11 is 0. The molecule has 25 heavy (non-hydrogen) atoms. The highest BCUT2D eigenvalue weighted by Crippen LogP contribution is 2.39. The molecule has 10 atom stereocenters. The van der Waals surface area contributed by atoms with Crippen LogP contribution in [0, 0.1) is 0 Å². The van der Waals surface area contributed by atoms with Crippen LogP contribution >= 0.6 is 0 Å². The molecule has 0 amide bonds. The maximum absolute atomic E-state index is 10.2. The summed E-state index contributed by atoms with van der Waals surface area (Å²) in [4.78, 5) is 0. The summed E-state index contributed by atoms with van der Waals surface area (Å²) in [6, 6.07) is 0. The van der Waals surface area contributed by atoms with Crippen LogP contribution in [0.1, 0.15) is 13.8 Å². The van der Waals surface area contributed by atoms with Crippen molar-refractivity contribution < 1.29 is 55.1 Å². The summed E-state index contributed by atoms with van der Waals surface area (Å²) < 4.78 is 16.2. The van der Waals surface area contributed by atoms with Crippen molar-refractivity contribution in [1.29, 1.82) is 0 Å². The molecule has 0 aromatic carbocycles. The van der Waals surface area contributed by atoms with Crippen molar-refractivity contribution in [3.05, 3.63) is 0 Å². The number of hydrogen-bond donors (Lipinski definition) is 8. The van der Waals surface area contributed by atoms with Gasteiger partial charge in [0.2, 0.25) is 0 Å². The minimum absolute atomic E-state index is 0.690. The lowest BCUT2D eigenvalue weighted by molar-refractivity contribution is -0.450. The summed E-state index contributed by atoms with van der Waals surface area (Å²) in [5, 5.41) is 78.4. The van der Waals surface area contributed by atoms with Gasteiger partial charge in [0.25, 0.3) is 0 Å². The highest BCUT2D eigenvalue weighted by Gasteiger charge is 2.59. The molecule has 2 aliphatic rings. The van der Waals surface area contributed by atoms with E-state index in [9.17, 15) is 40.9 Å². The first-order valence-electron chi connectivity index (χ1n) is 7.86. The first-order valence-corrected chi connectivity index (χ1v) is 7.86. The van der Waals surface area contributed by atoms with E-state index in [1.165, 1.54) is 13.8 Å². The van der Waals surface area contributed by atoms with Gasteiger partial charge in [-0.1, -0.05) is 0 Å². The van der Waals surface area contributed by atoms with Crippen LogP contribution in [0.4, 0.5) is 0 Å². The molecule has 0 saturated carbocycles. The Bertz CT molecular complexity index is 420. The van der Waals surface area contributed by atoms with Gasteiger partial charge in [-0.2, -0.15) is 0 Å². The number of aliphatic hydroxyl groups excluding tert-OH is 8. The highest BCUT2D eigenvalue weighted by molar-refractivity contribution is 5.00. The third kappa shape index (κ3) is 3.55. The third-order valence-electron chi connectivity index (χ3n) is 4.72. The van der Waals surface area contributed by atoms with Gasteiger partial charge in [0.1, 0.15) is 48.8 Å². The second kappa shape index (κ2) is 7.29. The van der Waals surface area contributed by atoms with Gasteiger partial charge < -0.3 is 55.1 Å². The Morgan fingerprint density at radius 3 is 1.28 bits per heavy atom. The number of rotatable bonds is 4. The van der Waals surface area contributed by atoms with Gasteiger partial charge >= 0.3 is 0 Å². The number of ether oxygens (including phenoxy) is 3. The fraction of sp³-hybridized carbons (Fsp3) is 1.00. The molecule has 2 heterocycles. The zero-order valence-corrected chi connectivity index (χ0v) is 13.8. The minimum Gasteiger partial charge on any atom is -0.394 e. The number of aliphatic hydroxyl groups is 8. The first kappa shape index (κ1) is 20.9. The third-order valence-corrected chi connectivity index (χ3v) is 4.72. The van der Waals surface area contributed by atoms with E-state index >= 15 is 0 Å². The smallest absolute Gasteiger partial charge is 0.198 e. The molecule has 148 valence electrons. The molecular weight excluding hydrogens is 344 g/mol. The van der Waals surface area contributed by atoms with E-state index < -0.39 is 73.6 Å². The Balaban J connectivity index is 2.28. The predicted octanol–water partition coefficient (Wildman–Crippen LogP) is -4.62. The van der Waals surface area contributed by atoms with Crippen LogP contribution in [0.25, 0.3) is 0 Å². The lowest BCUT2D eigenvalue weighted by Crippen LogP contribution is -2.71. The molecule has 0 radical (unpaired) electrons. The molecule has 0 aromatic heterocycles. The van der Waals surface area contributed by atoms with E-state index in [0.717, 1.165) is 0 Å². The maximum Gasteiger partial charge on any atom is 0.198 e. The van der Waals surface area contributed by atoms with Crippen LogP contribution in [-0.4, -0.2) is 114 Å². The standard InChI is InChI=1S/C14H26O11/c1-13(11(21)9(19)7(17)5(3-15)23-13)25-14(2)12(22)10(20)8(18)6(4-16)24-14/h5-12,15-22H,3-4H2,1-2H3/t5-,6-,7+,8+,9+,10+,11-,12-,13-,14-/m1/s1. The molecule has 2 rings (SSSR count). The Kier molecular flexibility index (Phi) is 6.08. The van der Waals surface area contributed by atoms with E-state index in [4.69, 9.17) is 14.2 Å². The second-order valence-corrected chi connectivity index (χ2v) is 6.66. The molecule has 11 heteroatoms. The molecule has 8 N–H and O–H groups in total. The van der Waals surface area contributed by atoms with Crippen molar-refractivity contribution in [2.75, 3.05) is 13.2 Å². The Hall–Kier alpha value is -0.440. The van der Waals surface area contributed by atoms with Gasteiger partial charge in [-0.15, -0.1) is 0 Å². The zero-order chi connectivity index (χ0) is 19.2. The summed E-state index contributed by atoms with van der Waals surface area (Å²) in [6.45, 7) is 0.986. The van der Waals surface area contributed by atoms with Gasteiger partial charge in [0, 0.05) is 0 Å². The van der Waals surface area contributed by atoms with Crippen LogP contribution in [0.2, 0.25) is 0 Å². The van der Waals surface area contributed by atoms with E-state index in [1.807, 2.05) is 0 Å². The van der Waals surface area contributed by atoms with Gasteiger partial charge in [-0.3, -0.25) is 0 Å². The Morgan fingerprint density at radius 2 is 1.00 bits per heavy atom. The molecule has 11 nitrogen and oxygen atoms in total. The van der Waals surface area contributed by atoms with Gasteiger partial charge in [0.05, 0.1) is 13.2 Å². The number of hydrogen-bond acceptors (Lipinski definition) is 11.